The van der Waals surface area contributed by atoms with Crippen LogP contribution in [0.1, 0.15) is 34.8 Å². The molecule has 1 unspecified atom stereocenters. The van der Waals surface area contributed by atoms with Crippen molar-refractivity contribution in [2.24, 2.45) is 4.99 Å². The van der Waals surface area contributed by atoms with Gasteiger partial charge in [0.25, 0.3) is 0 Å². The molecule has 30 heavy (non-hydrogen) atoms. The van der Waals surface area contributed by atoms with Gasteiger partial charge in [-0.05, 0) is 42.2 Å². The van der Waals surface area contributed by atoms with Gasteiger partial charge in [0.2, 0.25) is 5.95 Å². The van der Waals surface area contributed by atoms with Crippen molar-refractivity contribution in [3.05, 3.63) is 77.0 Å². The molecule has 2 aliphatic rings. The highest BCUT2D eigenvalue weighted by Gasteiger charge is 2.20. The average molecular weight is 399 g/mol. The Morgan fingerprint density at radius 3 is 2.83 bits per heavy atom. The monoisotopic (exact) mass is 398 g/mol. The Morgan fingerprint density at radius 1 is 1.03 bits per heavy atom. The minimum Gasteiger partial charge on any atom is -0.340 e. The standard InChI is InChI=1S/C24H26N6/c1-17-13-23(28-21-8-7-19-15-25-16-20(19)14-21)29-24(27-17)30-11-9-22(26-10-12-30)18-5-3-2-4-6-18/h2-8,13-14,16,22,26H,9-12,15H2,1H3,(H,27,28,29). The molecule has 0 aliphatic carbocycles. The smallest absolute Gasteiger partial charge is 0.227 e. The summed E-state index contributed by atoms with van der Waals surface area (Å²) in [7, 11) is 0. The van der Waals surface area contributed by atoms with Crippen molar-refractivity contribution in [1.82, 2.24) is 15.3 Å². The molecule has 2 N–H and O–H groups in total. The van der Waals surface area contributed by atoms with Crippen LogP contribution >= 0.6 is 0 Å². The summed E-state index contributed by atoms with van der Waals surface area (Å²) in [6.45, 7) is 5.52. The number of anilines is 3. The van der Waals surface area contributed by atoms with Crippen LogP contribution in [0.3, 0.4) is 0 Å². The molecule has 3 aromatic rings. The maximum atomic E-state index is 4.83. The van der Waals surface area contributed by atoms with E-state index in [1.807, 2.05) is 19.2 Å². The summed E-state index contributed by atoms with van der Waals surface area (Å²) in [5, 5.41) is 7.11. The third-order valence-electron chi connectivity index (χ3n) is 5.70. The van der Waals surface area contributed by atoms with Crippen molar-refractivity contribution >= 4 is 23.7 Å². The lowest BCUT2D eigenvalue weighted by atomic mass is 10.0. The first-order valence-corrected chi connectivity index (χ1v) is 10.5. The first-order chi connectivity index (χ1) is 14.7. The van der Waals surface area contributed by atoms with E-state index in [1.54, 1.807) is 0 Å². The van der Waals surface area contributed by atoms with E-state index >= 15 is 0 Å². The highest BCUT2D eigenvalue weighted by Crippen LogP contribution is 2.25. The van der Waals surface area contributed by atoms with Gasteiger partial charge in [-0.1, -0.05) is 36.4 Å². The maximum absolute atomic E-state index is 4.83. The summed E-state index contributed by atoms with van der Waals surface area (Å²) < 4.78 is 0. The molecular formula is C24H26N6. The fourth-order valence-electron chi connectivity index (χ4n) is 4.13. The lowest BCUT2D eigenvalue weighted by Crippen LogP contribution is -2.29. The average Bonchev–Trinajstić information content (AvgIpc) is 3.08. The number of fused-ring (bicyclic) bond motifs is 1. The molecule has 1 fully saturated rings. The first-order valence-electron chi connectivity index (χ1n) is 10.5. The predicted octanol–water partition coefficient (Wildman–Crippen LogP) is 4.00. The number of aryl methyl sites for hydroxylation is 1. The van der Waals surface area contributed by atoms with Gasteiger partial charge in [-0.2, -0.15) is 4.98 Å². The van der Waals surface area contributed by atoms with Gasteiger partial charge in [-0.25, -0.2) is 4.98 Å². The zero-order valence-electron chi connectivity index (χ0n) is 17.2. The second-order valence-corrected chi connectivity index (χ2v) is 7.90. The number of nitrogens with zero attached hydrogens (tertiary/aromatic N) is 4. The van der Waals surface area contributed by atoms with Gasteiger partial charge >= 0.3 is 0 Å². The molecule has 1 saturated heterocycles. The van der Waals surface area contributed by atoms with E-state index in [-0.39, 0.29) is 0 Å². The van der Waals surface area contributed by atoms with Crippen LogP contribution in [0.4, 0.5) is 17.5 Å². The van der Waals surface area contributed by atoms with Gasteiger partial charge in [0.05, 0.1) is 6.54 Å². The fraction of sp³-hybridized carbons (Fsp3) is 0.292. The maximum Gasteiger partial charge on any atom is 0.227 e. The Kier molecular flexibility index (Phi) is 5.15. The second-order valence-electron chi connectivity index (χ2n) is 7.90. The molecular weight excluding hydrogens is 372 g/mol. The lowest BCUT2D eigenvalue weighted by molar-refractivity contribution is 0.550. The number of hydrogen-bond donors (Lipinski definition) is 2. The summed E-state index contributed by atoms with van der Waals surface area (Å²) in [6.07, 6.45) is 2.96. The molecule has 0 amide bonds. The van der Waals surface area contributed by atoms with E-state index in [0.29, 0.717) is 6.04 Å². The SMILES string of the molecule is Cc1cc(Nc2ccc3c(c2)C=NC3)nc(N2CCNC(c3ccccc3)CC2)n1. The molecule has 6 nitrogen and oxygen atoms in total. The zero-order chi connectivity index (χ0) is 20.3. The first kappa shape index (κ1) is 18.8. The molecule has 2 aromatic carbocycles. The molecule has 152 valence electrons. The second kappa shape index (κ2) is 8.24. The lowest BCUT2D eigenvalue weighted by Gasteiger charge is -2.21. The van der Waals surface area contributed by atoms with Gasteiger partial charge in [-0.15, -0.1) is 0 Å². The molecule has 0 saturated carbocycles. The van der Waals surface area contributed by atoms with Crippen molar-refractivity contribution in [2.45, 2.75) is 25.9 Å². The van der Waals surface area contributed by atoms with Crippen LogP contribution in [0.2, 0.25) is 0 Å². The van der Waals surface area contributed by atoms with E-state index < -0.39 is 0 Å². The third-order valence-corrected chi connectivity index (χ3v) is 5.70. The van der Waals surface area contributed by atoms with Crippen LogP contribution in [0.25, 0.3) is 0 Å². The molecule has 0 spiro atoms. The summed E-state index contributed by atoms with van der Waals surface area (Å²) in [4.78, 5) is 16.2. The van der Waals surface area contributed by atoms with Crippen molar-refractivity contribution in [3.63, 3.8) is 0 Å². The third kappa shape index (κ3) is 4.04. The van der Waals surface area contributed by atoms with Crippen LogP contribution in [-0.2, 0) is 6.54 Å². The van der Waals surface area contributed by atoms with Gasteiger partial charge in [0.15, 0.2) is 0 Å². The van der Waals surface area contributed by atoms with Crippen LogP contribution in [0, 0.1) is 6.92 Å². The Hall–Kier alpha value is -3.25. The van der Waals surface area contributed by atoms with E-state index in [9.17, 15) is 0 Å². The number of rotatable bonds is 4. The zero-order valence-corrected chi connectivity index (χ0v) is 17.2. The van der Waals surface area contributed by atoms with Crippen molar-refractivity contribution in [2.75, 3.05) is 29.9 Å². The largest absolute Gasteiger partial charge is 0.340 e. The van der Waals surface area contributed by atoms with Crippen molar-refractivity contribution < 1.29 is 0 Å². The Bertz CT molecular complexity index is 1060. The van der Waals surface area contributed by atoms with Crippen LogP contribution in [-0.4, -0.2) is 35.8 Å². The summed E-state index contributed by atoms with van der Waals surface area (Å²) in [5.74, 6) is 1.61. The summed E-state index contributed by atoms with van der Waals surface area (Å²) in [5.41, 5.74) is 5.77. The molecule has 0 radical (unpaired) electrons. The highest BCUT2D eigenvalue weighted by molar-refractivity contribution is 5.86. The van der Waals surface area contributed by atoms with Gasteiger partial charge in [-0.3, -0.25) is 4.99 Å². The van der Waals surface area contributed by atoms with Gasteiger partial charge in [0.1, 0.15) is 5.82 Å². The highest BCUT2D eigenvalue weighted by atomic mass is 15.3. The van der Waals surface area contributed by atoms with Crippen LogP contribution in [0.5, 0.6) is 0 Å². The molecule has 3 heterocycles. The molecule has 1 aromatic heterocycles. The van der Waals surface area contributed by atoms with Crippen LogP contribution in [0.15, 0.2) is 59.6 Å². The number of aromatic nitrogens is 2. The predicted molar refractivity (Wildman–Crippen MR) is 122 cm³/mol. The Morgan fingerprint density at radius 2 is 1.93 bits per heavy atom. The minimum atomic E-state index is 0.367. The van der Waals surface area contributed by atoms with E-state index in [0.717, 1.165) is 55.7 Å². The summed E-state index contributed by atoms with van der Waals surface area (Å²) in [6, 6.07) is 19.4. The molecule has 6 heteroatoms. The minimum absolute atomic E-state index is 0.367. The van der Waals surface area contributed by atoms with E-state index in [4.69, 9.17) is 9.97 Å². The Labute approximate surface area is 177 Å². The molecule has 2 aliphatic heterocycles. The fourth-order valence-corrected chi connectivity index (χ4v) is 4.13. The van der Waals surface area contributed by atoms with E-state index in [1.165, 1.54) is 16.7 Å². The molecule has 5 rings (SSSR count). The van der Waals surface area contributed by atoms with Crippen molar-refractivity contribution in [1.29, 1.82) is 0 Å². The number of nitrogens with one attached hydrogen (secondary N) is 2. The quantitative estimate of drug-likeness (QED) is 0.695. The van der Waals surface area contributed by atoms with Crippen molar-refractivity contribution in [3.8, 4) is 0 Å². The van der Waals surface area contributed by atoms with Crippen LogP contribution < -0.4 is 15.5 Å². The number of hydrogen-bond acceptors (Lipinski definition) is 6. The van der Waals surface area contributed by atoms with Gasteiger partial charge < -0.3 is 15.5 Å². The number of aliphatic imine (C=N–C) groups is 1. The van der Waals surface area contributed by atoms with Gasteiger partial charge in [0, 0.05) is 49.3 Å². The molecule has 1 atom stereocenters. The number of benzene rings is 2. The Balaban J connectivity index is 1.32. The normalized spacial score (nSPS) is 18.2. The summed E-state index contributed by atoms with van der Waals surface area (Å²) >= 11 is 0. The topological polar surface area (TPSA) is 65.4 Å². The van der Waals surface area contributed by atoms with E-state index in [2.05, 4.69) is 69.1 Å². The molecule has 0 bridgehead atoms.